The Hall–Kier alpha value is -3.18. The van der Waals surface area contributed by atoms with Gasteiger partial charge in [-0.1, -0.05) is 60.7 Å². The van der Waals surface area contributed by atoms with Crippen molar-refractivity contribution in [3.8, 4) is 0 Å². The predicted molar refractivity (Wildman–Crippen MR) is 126 cm³/mol. The summed E-state index contributed by atoms with van der Waals surface area (Å²) >= 11 is 0. The number of allylic oxidation sites excluding steroid dienone is 2. The molecule has 0 fully saturated rings. The number of aliphatic imine (C=N–C) groups is 1. The van der Waals surface area contributed by atoms with Gasteiger partial charge in [-0.2, -0.15) is 0 Å². The first-order valence-corrected chi connectivity index (χ1v) is 10.8. The minimum Gasteiger partial charge on any atom is -0.506 e. The van der Waals surface area contributed by atoms with Crippen molar-refractivity contribution in [3.63, 3.8) is 0 Å². The van der Waals surface area contributed by atoms with Gasteiger partial charge in [0.1, 0.15) is 11.5 Å². The van der Waals surface area contributed by atoms with E-state index >= 15 is 0 Å². The number of hydrogen-bond acceptors (Lipinski definition) is 4. The molecule has 4 N–H and O–H groups in total. The Kier molecular flexibility index (Phi) is 10.3. The molecule has 0 amide bonds. The number of aliphatic hydroxyl groups is 1. The molecule has 0 aromatic heterocycles. The Morgan fingerprint density at radius 2 is 1.35 bits per heavy atom. The van der Waals surface area contributed by atoms with E-state index in [4.69, 9.17) is 0 Å². The van der Waals surface area contributed by atoms with Crippen LogP contribution in [0.2, 0.25) is 0 Å². The lowest BCUT2D eigenvalue weighted by Gasteiger charge is -2.14. The molecular weight excluding hydrogens is 388 g/mol. The molecule has 0 radical (unpaired) electrons. The van der Waals surface area contributed by atoms with Crippen molar-refractivity contribution in [1.82, 2.24) is 5.32 Å². The van der Waals surface area contributed by atoms with Crippen molar-refractivity contribution in [2.75, 3.05) is 13.1 Å². The summed E-state index contributed by atoms with van der Waals surface area (Å²) in [6.45, 7) is 1.36. The average Bonchev–Trinajstić information content (AvgIpc) is 2.77. The van der Waals surface area contributed by atoms with Gasteiger partial charge in [-0.05, 0) is 55.7 Å². The number of hydrogen-bond donors (Lipinski definition) is 2. The van der Waals surface area contributed by atoms with Crippen LogP contribution in [0.1, 0.15) is 36.8 Å². The van der Waals surface area contributed by atoms with E-state index in [1.54, 1.807) is 6.08 Å². The summed E-state index contributed by atoms with van der Waals surface area (Å²) in [5.74, 6) is -0.240. The number of aryl methyl sites for hydroxylation is 2. The smallest absolute Gasteiger partial charge is 0.207 e. The van der Waals surface area contributed by atoms with E-state index < -0.39 is 0 Å². The van der Waals surface area contributed by atoms with Crippen LogP contribution in [0.15, 0.2) is 89.3 Å². The first-order valence-electron chi connectivity index (χ1n) is 10.8. The third-order valence-electron chi connectivity index (χ3n) is 5.13. The normalized spacial score (nSPS) is 14.6. The van der Waals surface area contributed by atoms with Gasteiger partial charge in [-0.3, -0.25) is 9.79 Å². The third-order valence-corrected chi connectivity index (χ3v) is 5.13. The molecule has 5 heteroatoms. The Morgan fingerprint density at radius 3 is 1.97 bits per heavy atom. The molecule has 31 heavy (non-hydrogen) atoms. The summed E-state index contributed by atoms with van der Waals surface area (Å²) in [5, 5.41) is 13.3. The van der Waals surface area contributed by atoms with Crippen molar-refractivity contribution in [1.29, 1.82) is 0 Å². The number of unbranched alkanes of at least 4 members (excludes halogenated alkanes) is 2. The molecule has 5 nitrogen and oxygen atoms in total. The Balaban J connectivity index is 0.00000341. The summed E-state index contributed by atoms with van der Waals surface area (Å²) in [6, 6.07) is 20.8. The number of carbonyl (C=O) groups is 1. The fraction of sp³-hybridized carbons (Fsp3) is 0.308. The van der Waals surface area contributed by atoms with Crippen LogP contribution in [0.4, 0.5) is 0 Å². The molecule has 1 aliphatic rings. The van der Waals surface area contributed by atoms with Crippen LogP contribution < -0.4 is 5.32 Å². The van der Waals surface area contributed by atoms with E-state index in [0.29, 0.717) is 18.0 Å². The van der Waals surface area contributed by atoms with Crippen molar-refractivity contribution >= 4 is 11.5 Å². The van der Waals surface area contributed by atoms with Gasteiger partial charge >= 0.3 is 0 Å². The topological polar surface area (TPSA) is 93.2 Å². The van der Waals surface area contributed by atoms with E-state index in [9.17, 15) is 9.90 Å². The van der Waals surface area contributed by atoms with Gasteiger partial charge in [0.15, 0.2) is 0 Å². The van der Waals surface area contributed by atoms with Crippen molar-refractivity contribution in [3.05, 3.63) is 95.4 Å². The van der Waals surface area contributed by atoms with Gasteiger partial charge in [0.25, 0.3) is 0 Å². The van der Waals surface area contributed by atoms with Crippen LogP contribution in [0, 0.1) is 0 Å². The monoisotopic (exact) mass is 420 g/mol. The number of benzene rings is 2. The van der Waals surface area contributed by atoms with E-state index in [-0.39, 0.29) is 17.0 Å². The Labute approximate surface area is 184 Å². The highest BCUT2D eigenvalue weighted by Gasteiger charge is 2.17. The molecule has 0 unspecified atom stereocenters. The zero-order chi connectivity index (χ0) is 21.0. The maximum atomic E-state index is 12.1. The number of nitrogens with zero attached hydrogens (tertiary/aromatic N) is 1. The average molecular weight is 421 g/mol. The molecule has 1 aliphatic carbocycles. The highest BCUT2D eigenvalue weighted by molar-refractivity contribution is 6.49. The van der Waals surface area contributed by atoms with E-state index in [1.165, 1.54) is 17.2 Å². The van der Waals surface area contributed by atoms with E-state index in [2.05, 4.69) is 58.8 Å². The third kappa shape index (κ3) is 8.22. The minimum atomic E-state index is -0.231. The molecule has 0 heterocycles. The largest absolute Gasteiger partial charge is 0.506 e. The standard InChI is InChI=1S/C26H30N2O2.H2O/c29-25-20-26(30)24(28-18-10-8-16-22-13-5-2-6-14-22)19-23(25)27-17-9-7-15-21-11-3-1-4-12-21;/h1-6,11-14,19-20,27,29H,7-10,15-18H2;1H2. The minimum absolute atomic E-state index is 0. The van der Waals surface area contributed by atoms with Crippen molar-refractivity contribution in [2.45, 2.75) is 38.5 Å². The molecule has 0 saturated carbocycles. The molecule has 164 valence electrons. The van der Waals surface area contributed by atoms with Crippen LogP contribution in [0.25, 0.3) is 0 Å². The zero-order valence-corrected chi connectivity index (χ0v) is 17.9. The van der Waals surface area contributed by atoms with Crippen molar-refractivity contribution < 1.29 is 15.4 Å². The SMILES string of the molecule is O.O=C1C=C(O)C(NCCCCc2ccccc2)=CC1=NCCCCc1ccccc1. The number of aliphatic hydroxyl groups excluding tert-OH is 1. The highest BCUT2D eigenvalue weighted by Crippen LogP contribution is 2.12. The summed E-state index contributed by atoms with van der Waals surface area (Å²) < 4.78 is 0. The number of ketones is 1. The second-order valence-electron chi connectivity index (χ2n) is 7.53. The van der Waals surface area contributed by atoms with Crippen LogP contribution in [0.5, 0.6) is 0 Å². The number of carbonyl (C=O) groups excluding carboxylic acids is 1. The van der Waals surface area contributed by atoms with Gasteiger partial charge in [-0.25, -0.2) is 0 Å². The van der Waals surface area contributed by atoms with Gasteiger partial charge in [0, 0.05) is 19.2 Å². The lowest BCUT2D eigenvalue weighted by Crippen LogP contribution is -2.24. The van der Waals surface area contributed by atoms with E-state index in [1.807, 2.05) is 12.1 Å². The summed E-state index contributed by atoms with van der Waals surface area (Å²) in [5.41, 5.74) is 3.66. The van der Waals surface area contributed by atoms with E-state index in [0.717, 1.165) is 45.1 Å². The lowest BCUT2D eigenvalue weighted by molar-refractivity contribution is -0.109. The highest BCUT2D eigenvalue weighted by atomic mass is 16.3. The molecule has 0 aliphatic heterocycles. The van der Waals surface area contributed by atoms with Gasteiger partial charge in [0.05, 0.1) is 5.70 Å². The van der Waals surface area contributed by atoms with Crippen LogP contribution in [-0.4, -0.2) is 35.2 Å². The molecule has 0 atom stereocenters. The molecular formula is C26H32N2O3. The summed E-state index contributed by atoms with van der Waals surface area (Å²) in [6.07, 6.45) is 9.00. The molecule has 0 bridgehead atoms. The summed E-state index contributed by atoms with van der Waals surface area (Å²) in [4.78, 5) is 16.6. The maximum Gasteiger partial charge on any atom is 0.207 e. The lowest BCUT2D eigenvalue weighted by atomic mass is 10.1. The number of rotatable bonds is 11. The van der Waals surface area contributed by atoms with Gasteiger partial charge < -0.3 is 15.9 Å². The first kappa shape index (κ1) is 24.1. The van der Waals surface area contributed by atoms with Crippen molar-refractivity contribution in [2.24, 2.45) is 4.99 Å². The molecule has 0 spiro atoms. The number of nitrogens with one attached hydrogen (secondary N) is 1. The second kappa shape index (κ2) is 13.2. The van der Waals surface area contributed by atoms with Crippen LogP contribution in [-0.2, 0) is 17.6 Å². The quantitative estimate of drug-likeness (QED) is 0.422. The van der Waals surface area contributed by atoms with Gasteiger partial charge in [0.2, 0.25) is 5.78 Å². The molecule has 2 aromatic rings. The fourth-order valence-corrected chi connectivity index (χ4v) is 3.43. The van der Waals surface area contributed by atoms with Crippen LogP contribution in [0.3, 0.4) is 0 Å². The Morgan fingerprint density at radius 1 is 0.774 bits per heavy atom. The second-order valence-corrected chi connectivity index (χ2v) is 7.53. The fourth-order valence-electron chi connectivity index (χ4n) is 3.43. The molecule has 3 rings (SSSR count). The zero-order valence-electron chi connectivity index (χ0n) is 17.9. The summed E-state index contributed by atoms with van der Waals surface area (Å²) in [7, 11) is 0. The van der Waals surface area contributed by atoms with Crippen LogP contribution >= 0.6 is 0 Å². The maximum absolute atomic E-state index is 12.1. The van der Waals surface area contributed by atoms with Gasteiger partial charge in [-0.15, -0.1) is 0 Å². The first-order chi connectivity index (χ1) is 14.7. The molecule has 2 aromatic carbocycles. The molecule has 0 saturated heterocycles. The predicted octanol–water partition coefficient (Wildman–Crippen LogP) is 4.15. The Bertz CT molecular complexity index is 903.